The summed E-state index contributed by atoms with van der Waals surface area (Å²) in [5, 5.41) is 0. The van der Waals surface area contributed by atoms with E-state index in [9.17, 15) is 14.4 Å². The summed E-state index contributed by atoms with van der Waals surface area (Å²) in [6.45, 7) is 6.53. The molecule has 0 spiro atoms. The van der Waals surface area contributed by atoms with E-state index in [2.05, 4.69) is 106 Å². The van der Waals surface area contributed by atoms with Crippen LogP contribution in [0.4, 0.5) is 0 Å². The van der Waals surface area contributed by atoms with Crippen LogP contribution in [0.1, 0.15) is 329 Å². The molecule has 1 unspecified atom stereocenters. The average Bonchev–Trinajstić information content (AvgIpc) is 3.43. The third-order valence-corrected chi connectivity index (χ3v) is 14.4. The van der Waals surface area contributed by atoms with Gasteiger partial charge >= 0.3 is 17.9 Å². The van der Waals surface area contributed by atoms with Crippen molar-refractivity contribution in [3.63, 3.8) is 0 Å². The van der Waals surface area contributed by atoms with Gasteiger partial charge in [0.05, 0.1) is 0 Å². The molecule has 0 rings (SSSR count). The molecular weight excluding hydrogens is 949 g/mol. The van der Waals surface area contributed by atoms with Crippen molar-refractivity contribution < 1.29 is 28.6 Å². The van der Waals surface area contributed by atoms with Crippen LogP contribution in [0.5, 0.6) is 0 Å². The van der Waals surface area contributed by atoms with Gasteiger partial charge in [-0.1, -0.05) is 298 Å². The zero-order valence-electron chi connectivity index (χ0n) is 51.0. The standard InChI is InChI=1S/C71H124O6/c1-4-7-10-13-16-19-22-25-28-31-34-35-38-40-43-46-49-52-55-58-61-64-70(73)76-67-68(77-71(74)65-62-59-56-53-50-47-44-41-37-33-30-27-24-21-18-15-12-9-6-3)66-75-69(72)63-60-57-54-51-48-45-42-39-36-32-29-26-23-20-17-14-11-8-5-2/h9,12,18,21-22,25,27,30-31,34,37,41,47,50,68H,4-8,10-11,13-17,19-20,23-24,26,28-29,32-33,35-36,38-40,42-46,48-49,51-67H2,1-3H3/b12-9-,21-18-,25-22-,30-27-,34-31-,41-37-,50-47-. The van der Waals surface area contributed by atoms with Crippen LogP contribution < -0.4 is 0 Å². The molecular formula is C71H124O6. The van der Waals surface area contributed by atoms with Crippen molar-refractivity contribution >= 4 is 17.9 Å². The van der Waals surface area contributed by atoms with E-state index >= 15 is 0 Å². The lowest BCUT2D eigenvalue weighted by Crippen LogP contribution is -2.30. The molecule has 1 atom stereocenters. The Hall–Kier alpha value is -3.41. The molecule has 0 aromatic carbocycles. The fraction of sp³-hybridized carbons (Fsp3) is 0.761. The number of hydrogen-bond donors (Lipinski definition) is 0. The van der Waals surface area contributed by atoms with Crippen LogP contribution in [-0.2, 0) is 28.6 Å². The van der Waals surface area contributed by atoms with Crippen LogP contribution in [0, 0.1) is 0 Å². The first kappa shape index (κ1) is 73.6. The van der Waals surface area contributed by atoms with Gasteiger partial charge in [-0.05, 0) is 96.3 Å². The molecule has 0 fully saturated rings. The van der Waals surface area contributed by atoms with E-state index in [4.69, 9.17) is 14.2 Å². The zero-order chi connectivity index (χ0) is 55.7. The molecule has 0 heterocycles. The molecule has 444 valence electrons. The molecule has 0 amide bonds. The van der Waals surface area contributed by atoms with Crippen LogP contribution in [0.15, 0.2) is 85.1 Å². The van der Waals surface area contributed by atoms with Gasteiger partial charge in [0.25, 0.3) is 0 Å². The van der Waals surface area contributed by atoms with Crippen molar-refractivity contribution in [2.24, 2.45) is 0 Å². The summed E-state index contributed by atoms with van der Waals surface area (Å²) in [6, 6.07) is 0. The van der Waals surface area contributed by atoms with Crippen LogP contribution >= 0.6 is 0 Å². The first-order valence-electron chi connectivity index (χ1n) is 33.1. The molecule has 6 heteroatoms. The van der Waals surface area contributed by atoms with Gasteiger partial charge in [-0.3, -0.25) is 14.4 Å². The maximum atomic E-state index is 12.9. The maximum absolute atomic E-state index is 12.9. The highest BCUT2D eigenvalue weighted by Crippen LogP contribution is 2.17. The second-order valence-corrected chi connectivity index (χ2v) is 22.0. The van der Waals surface area contributed by atoms with Gasteiger partial charge in [-0.25, -0.2) is 0 Å². The first-order chi connectivity index (χ1) is 38.0. The molecule has 77 heavy (non-hydrogen) atoms. The number of carbonyl (C=O) groups excluding carboxylic acids is 3. The number of hydrogen-bond acceptors (Lipinski definition) is 6. The normalized spacial score (nSPS) is 12.6. The summed E-state index contributed by atoms with van der Waals surface area (Å²) in [4.78, 5) is 38.4. The molecule has 0 bridgehead atoms. The molecule has 6 nitrogen and oxygen atoms in total. The minimum absolute atomic E-state index is 0.0886. The molecule has 0 aliphatic rings. The minimum Gasteiger partial charge on any atom is -0.462 e. The topological polar surface area (TPSA) is 78.9 Å². The van der Waals surface area contributed by atoms with Gasteiger partial charge in [0.2, 0.25) is 0 Å². The Kier molecular flexibility index (Phi) is 62.2. The van der Waals surface area contributed by atoms with Gasteiger partial charge < -0.3 is 14.2 Å². The van der Waals surface area contributed by atoms with Crippen molar-refractivity contribution in [2.45, 2.75) is 335 Å². The monoisotopic (exact) mass is 1070 g/mol. The van der Waals surface area contributed by atoms with Crippen LogP contribution in [-0.4, -0.2) is 37.2 Å². The SMILES string of the molecule is CC/C=C\C/C=C\C/C=C\C/C=C\C/C=C\CCCCCC(=O)OC(COC(=O)CCCCCCCCCCC/C=C\C/C=C\CCCCCCC)COC(=O)CCCCCCCCCCCCCCCCCCCCC. The van der Waals surface area contributed by atoms with E-state index in [1.807, 2.05) is 0 Å². The number of ether oxygens (including phenoxy) is 3. The van der Waals surface area contributed by atoms with E-state index < -0.39 is 6.10 Å². The van der Waals surface area contributed by atoms with Crippen molar-refractivity contribution in [3.8, 4) is 0 Å². The Bertz CT molecular complexity index is 1470. The fourth-order valence-electron chi connectivity index (χ4n) is 9.44. The number of esters is 3. The van der Waals surface area contributed by atoms with Crippen LogP contribution in [0.3, 0.4) is 0 Å². The largest absolute Gasteiger partial charge is 0.462 e. The lowest BCUT2D eigenvalue weighted by molar-refractivity contribution is -0.167. The summed E-state index contributed by atoms with van der Waals surface area (Å²) in [5.41, 5.74) is 0. The lowest BCUT2D eigenvalue weighted by atomic mass is 10.0. The summed E-state index contributed by atoms with van der Waals surface area (Å²) in [7, 11) is 0. The van der Waals surface area contributed by atoms with E-state index in [-0.39, 0.29) is 37.5 Å². The molecule has 0 aromatic heterocycles. The summed E-state index contributed by atoms with van der Waals surface area (Å²) in [5.74, 6) is -0.909. The first-order valence-corrected chi connectivity index (χ1v) is 33.1. The summed E-state index contributed by atoms with van der Waals surface area (Å²) < 4.78 is 16.9. The molecule has 0 aliphatic heterocycles. The summed E-state index contributed by atoms with van der Waals surface area (Å²) >= 11 is 0. The Balaban J connectivity index is 4.42. The third-order valence-electron chi connectivity index (χ3n) is 14.4. The van der Waals surface area contributed by atoms with Gasteiger partial charge in [-0.2, -0.15) is 0 Å². The Morgan fingerprint density at radius 2 is 0.506 bits per heavy atom. The van der Waals surface area contributed by atoms with Crippen molar-refractivity contribution in [2.75, 3.05) is 13.2 Å². The van der Waals surface area contributed by atoms with Crippen molar-refractivity contribution in [1.29, 1.82) is 0 Å². The van der Waals surface area contributed by atoms with Gasteiger partial charge in [0, 0.05) is 19.3 Å². The van der Waals surface area contributed by atoms with Gasteiger partial charge in [0.15, 0.2) is 6.10 Å². The van der Waals surface area contributed by atoms with E-state index in [1.54, 1.807) is 0 Å². The number of allylic oxidation sites excluding steroid dienone is 14. The quantitative estimate of drug-likeness (QED) is 0.0261. The maximum Gasteiger partial charge on any atom is 0.306 e. The highest BCUT2D eigenvalue weighted by molar-refractivity contribution is 5.71. The Morgan fingerprint density at radius 1 is 0.273 bits per heavy atom. The minimum atomic E-state index is -0.797. The van der Waals surface area contributed by atoms with Crippen LogP contribution in [0.2, 0.25) is 0 Å². The molecule has 0 saturated carbocycles. The van der Waals surface area contributed by atoms with E-state index in [1.165, 1.54) is 186 Å². The third kappa shape index (κ3) is 63.3. The predicted molar refractivity (Wildman–Crippen MR) is 334 cm³/mol. The average molecular weight is 1070 g/mol. The number of unbranched alkanes of at least 4 members (excludes halogenated alkanes) is 35. The van der Waals surface area contributed by atoms with E-state index in [0.717, 1.165) is 103 Å². The second kappa shape index (κ2) is 65.1. The Morgan fingerprint density at radius 3 is 0.805 bits per heavy atom. The molecule has 0 radical (unpaired) electrons. The van der Waals surface area contributed by atoms with Crippen molar-refractivity contribution in [3.05, 3.63) is 85.1 Å². The molecule has 0 aliphatic carbocycles. The van der Waals surface area contributed by atoms with Gasteiger partial charge in [0.1, 0.15) is 13.2 Å². The number of rotatable bonds is 60. The summed E-state index contributed by atoms with van der Waals surface area (Å²) in [6.07, 6.45) is 85.9. The number of carbonyl (C=O) groups is 3. The smallest absolute Gasteiger partial charge is 0.306 e. The fourth-order valence-corrected chi connectivity index (χ4v) is 9.44. The second-order valence-electron chi connectivity index (χ2n) is 22.0. The highest BCUT2D eigenvalue weighted by Gasteiger charge is 2.19. The molecule has 0 saturated heterocycles. The van der Waals surface area contributed by atoms with Crippen LogP contribution in [0.25, 0.3) is 0 Å². The highest BCUT2D eigenvalue weighted by atomic mass is 16.6. The zero-order valence-corrected chi connectivity index (χ0v) is 51.0. The lowest BCUT2D eigenvalue weighted by Gasteiger charge is -2.18. The molecule has 0 N–H and O–H groups in total. The molecule has 0 aromatic rings. The Labute approximate surface area is 477 Å². The van der Waals surface area contributed by atoms with Crippen molar-refractivity contribution in [1.82, 2.24) is 0 Å². The van der Waals surface area contributed by atoms with E-state index in [0.29, 0.717) is 12.8 Å². The predicted octanol–water partition coefficient (Wildman–Crippen LogP) is 22.7. The van der Waals surface area contributed by atoms with Gasteiger partial charge in [-0.15, -0.1) is 0 Å².